The van der Waals surface area contributed by atoms with E-state index in [-0.39, 0.29) is 59.5 Å². The number of fused-ring (bicyclic) bond motifs is 1. The molecule has 2 fully saturated rings. The fraction of sp³-hybridized carbons (Fsp3) is 0.571. The van der Waals surface area contributed by atoms with E-state index in [1.807, 2.05) is 0 Å². The number of alkyl halides is 3. The van der Waals surface area contributed by atoms with Crippen LogP contribution in [0.4, 0.5) is 23.8 Å². The summed E-state index contributed by atoms with van der Waals surface area (Å²) in [5, 5.41) is 7.97. The van der Waals surface area contributed by atoms with E-state index in [2.05, 4.69) is 20.9 Å². The number of nitrogens with one attached hydrogen (secondary N) is 3. The summed E-state index contributed by atoms with van der Waals surface area (Å²) in [6.07, 6.45) is -1.21. The number of nitrogens with zero attached hydrogens (tertiary/aromatic N) is 2. The number of rotatable bonds is 5. The van der Waals surface area contributed by atoms with Gasteiger partial charge in [-0.1, -0.05) is 0 Å². The molecule has 12 nitrogen and oxygen atoms in total. The summed E-state index contributed by atoms with van der Waals surface area (Å²) in [5.74, 6) is -2.31. The van der Waals surface area contributed by atoms with Crippen LogP contribution in [0.25, 0.3) is 11.1 Å². The summed E-state index contributed by atoms with van der Waals surface area (Å²) in [7, 11) is 1.50. The molecule has 0 bridgehead atoms. The van der Waals surface area contributed by atoms with Crippen molar-refractivity contribution in [3.05, 3.63) is 35.3 Å². The first-order valence-corrected chi connectivity index (χ1v) is 14.1. The van der Waals surface area contributed by atoms with Gasteiger partial charge in [0.05, 0.1) is 19.5 Å². The lowest BCUT2D eigenvalue weighted by Gasteiger charge is -2.30. The highest BCUT2D eigenvalue weighted by Gasteiger charge is 2.45. The average molecular weight is 611 g/mol. The highest BCUT2D eigenvalue weighted by atomic mass is 19.4. The smallest absolute Gasteiger partial charge is 0.414 e. The number of hydrogen-bond donors (Lipinski definition) is 5. The van der Waals surface area contributed by atoms with E-state index in [1.165, 1.54) is 11.6 Å². The molecule has 2 aliphatic rings. The predicted molar refractivity (Wildman–Crippen MR) is 153 cm³/mol. The van der Waals surface area contributed by atoms with Crippen LogP contribution in [0.5, 0.6) is 0 Å². The molecule has 2 aliphatic heterocycles. The minimum absolute atomic E-state index is 0.00100. The van der Waals surface area contributed by atoms with E-state index in [0.29, 0.717) is 13.2 Å². The third-order valence-corrected chi connectivity index (χ3v) is 7.25. The number of carbonyl (C=O) groups is 2. The lowest BCUT2D eigenvalue weighted by molar-refractivity contribution is -0.557. The Morgan fingerprint density at radius 3 is 2.49 bits per heavy atom. The van der Waals surface area contributed by atoms with Crippen molar-refractivity contribution in [2.45, 2.75) is 63.8 Å². The van der Waals surface area contributed by atoms with Crippen molar-refractivity contribution < 1.29 is 41.2 Å². The first-order valence-electron chi connectivity index (χ1n) is 14.1. The van der Waals surface area contributed by atoms with E-state index in [9.17, 15) is 22.8 Å². The second-order valence-electron chi connectivity index (χ2n) is 11.7. The van der Waals surface area contributed by atoms with Crippen molar-refractivity contribution in [1.29, 1.82) is 0 Å². The molecule has 2 aromatic heterocycles. The number of nitrogens with two attached hydrogens (primary N) is 2. The number of carbonyl (C=O) groups excluding carboxylic acids is 2. The second-order valence-corrected chi connectivity index (χ2v) is 11.7. The van der Waals surface area contributed by atoms with Crippen molar-refractivity contribution in [1.82, 2.24) is 15.6 Å². The summed E-state index contributed by atoms with van der Waals surface area (Å²) in [5.41, 5.74) is 12.2. The Labute approximate surface area is 247 Å². The van der Waals surface area contributed by atoms with Crippen molar-refractivity contribution in [2.24, 2.45) is 17.4 Å². The standard InChI is InChI=1S/C28H38F3N7O5/c1-27(2,3)43-26(40)37-25-21(22-20(42-25)9-16(12-35-22)15-5-7-41-8-6-15)24(39)36-19(11-32)23(34-4)38-13-17(28(29,30)31)10-18(33)14-38/h9,11-12,15,17-18H,5-8,10,13-14,33H2,1-4H3,(H4,32,34,35,36,37,39,40)/p+1/t17-,18?/m1/s1. The lowest BCUT2D eigenvalue weighted by atomic mass is 9.93. The van der Waals surface area contributed by atoms with E-state index < -0.39 is 35.7 Å². The molecule has 0 radical (unpaired) electrons. The van der Waals surface area contributed by atoms with Gasteiger partial charge in [-0.25, -0.2) is 4.79 Å². The van der Waals surface area contributed by atoms with Gasteiger partial charge < -0.3 is 30.7 Å². The molecule has 236 valence electrons. The zero-order chi connectivity index (χ0) is 31.5. The van der Waals surface area contributed by atoms with Crippen molar-refractivity contribution in [2.75, 3.05) is 38.7 Å². The van der Waals surface area contributed by atoms with Gasteiger partial charge in [-0.15, -0.1) is 0 Å². The zero-order valence-electron chi connectivity index (χ0n) is 24.6. The predicted octanol–water partition coefficient (Wildman–Crippen LogP) is 3.14. The molecular weight excluding hydrogens is 571 g/mol. The van der Waals surface area contributed by atoms with Crippen LogP contribution in [0.2, 0.25) is 0 Å². The van der Waals surface area contributed by atoms with Crippen LogP contribution in [0, 0.1) is 5.92 Å². The summed E-state index contributed by atoms with van der Waals surface area (Å²) in [6.45, 7) is 6.01. The maximum absolute atomic E-state index is 13.8. The minimum Gasteiger partial charge on any atom is -0.444 e. The van der Waals surface area contributed by atoms with Crippen LogP contribution in [-0.4, -0.2) is 78.6 Å². The number of likely N-dealkylation sites (N-methyl/N-ethyl adjacent to an activating group) is 1. The Morgan fingerprint density at radius 1 is 1.19 bits per heavy atom. The van der Waals surface area contributed by atoms with E-state index in [4.69, 9.17) is 25.4 Å². The molecule has 2 aromatic rings. The summed E-state index contributed by atoms with van der Waals surface area (Å²) in [4.78, 5) is 30.9. The maximum atomic E-state index is 13.8. The number of piperidine rings is 1. The third kappa shape index (κ3) is 7.76. The highest BCUT2D eigenvalue weighted by Crippen LogP contribution is 2.34. The quantitative estimate of drug-likeness (QED) is 0.252. The van der Waals surface area contributed by atoms with Crippen molar-refractivity contribution >= 4 is 34.8 Å². The van der Waals surface area contributed by atoms with Gasteiger partial charge in [0.25, 0.3) is 11.7 Å². The fourth-order valence-corrected chi connectivity index (χ4v) is 5.33. The van der Waals surface area contributed by atoms with Gasteiger partial charge in [-0.3, -0.25) is 25.0 Å². The molecule has 0 spiro atoms. The maximum Gasteiger partial charge on any atom is 0.414 e. The molecule has 2 saturated heterocycles. The first-order chi connectivity index (χ1) is 20.2. The number of pyridine rings is 1. The molecule has 7 N–H and O–H groups in total. The normalized spacial score (nSPS) is 21.8. The molecular formula is C28H39F3N7O5+. The Hall–Kier alpha value is -3.85. The second kappa shape index (κ2) is 12.8. The number of aromatic nitrogens is 1. The molecule has 4 rings (SSSR count). The number of amidine groups is 1. The van der Waals surface area contributed by atoms with Crippen LogP contribution >= 0.6 is 0 Å². The average Bonchev–Trinajstić information content (AvgIpc) is 3.28. The Balaban J connectivity index is 1.70. The minimum atomic E-state index is -4.45. The Kier molecular flexibility index (Phi) is 9.54. The van der Waals surface area contributed by atoms with Gasteiger partial charge in [-0.05, 0) is 57.6 Å². The summed E-state index contributed by atoms with van der Waals surface area (Å²) < 4.78 is 58.9. The number of anilines is 1. The molecule has 43 heavy (non-hydrogen) atoms. The Bertz CT molecular complexity index is 1410. The molecule has 2 atom stereocenters. The molecule has 2 amide bonds. The topological polar surface area (TPSA) is 170 Å². The molecule has 4 heterocycles. The fourth-order valence-electron chi connectivity index (χ4n) is 5.33. The summed E-state index contributed by atoms with van der Waals surface area (Å²) >= 11 is 0. The molecule has 1 unspecified atom stereocenters. The molecule has 0 aliphatic carbocycles. The van der Waals surface area contributed by atoms with Crippen LogP contribution in [0.3, 0.4) is 0 Å². The third-order valence-electron chi connectivity index (χ3n) is 7.25. The van der Waals surface area contributed by atoms with Crippen LogP contribution in [0.15, 0.2) is 28.6 Å². The van der Waals surface area contributed by atoms with Crippen LogP contribution in [-0.2, 0) is 9.47 Å². The van der Waals surface area contributed by atoms with Gasteiger partial charge in [0.15, 0.2) is 5.58 Å². The van der Waals surface area contributed by atoms with Crippen molar-refractivity contribution in [3.8, 4) is 0 Å². The number of furan rings is 1. The zero-order valence-corrected chi connectivity index (χ0v) is 24.6. The number of amides is 2. The number of hydrogen-bond acceptors (Lipinski definition) is 8. The summed E-state index contributed by atoms with van der Waals surface area (Å²) in [6, 6.07) is 1.02. The van der Waals surface area contributed by atoms with E-state index in [0.717, 1.165) is 24.6 Å². The van der Waals surface area contributed by atoms with Gasteiger partial charge in [-0.2, -0.15) is 13.2 Å². The van der Waals surface area contributed by atoms with Crippen LogP contribution < -0.4 is 27.4 Å². The molecule has 0 aromatic carbocycles. The van der Waals surface area contributed by atoms with Gasteiger partial charge in [0.1, 0.15) is 28.9 Å². The van der Waals surface area contributed by atoms with E-state index >= 15 is 0 Å². The van der Waals surface area contributed by atoms with Gasteiger partial charge in [0, 0.05) is 31.7 Å². The lowest BCUT2D eigenvalue weighted by Crippen LogP contribution is -2.52. The highest BCUT2D eigenvalue weighted by molar-refractivity contribution is 6.13. The van der Waals surface area contributed by atoms with Crippen LogP contribution in [0.1, 0.15) is 61.9 Å². The number of ether oxygens (including phenoxy) is 2. The van der Waals surface area contributed by atoms with Gasteiger partial charge in [0.2, 0.25) is 5.88 Å². The number of halogens is 3. The molecule has 15 heteroatoms. The monoisotopic (exact) mass is 610 g/mol. The first kappa shape index (κ1) is 32.1. The van der Waals surface area contributed by atoms with Crippen molar-refractivity contribution in [3.63, 3.8) is 0 Å². The van der Waals surface area contributed by atoms with E-state index in [1.54, 1.807) is 33.0 Å². The Morgan fingerprint density at radius 2 is 1.88 bits per heavy atom. The largest absolute Gasteiger partial charge is 0.444 e. The van der Waals surface area contributed by atoms with Gasteiger partial charge >= 0.3 is 12.3 Å². The molecule has 0 saturated carbocycles. The SMILES string of the molecule is CNC(C(=CN)NC(=O)c1c(NC(=O)OC(C)(C)C)oc2cc(C3CCOCC3)cnc12)=[N+]1CC(N)C[C@@H](C(F)(F)F)C1.